The predicted molar refractivity (Wildman–Crippen MR) is 248 cm³/mol. The molecule has 2 heterocycles. The van der Waals surface area contributed by atoms with Crippen LogP contribution in [0.1, 0.15) is 75.3 Å². The van der Waals surface area contributed by atoms with Gasteiger partial charge in [-0.3, -0.25) is 24.2 Å². The summed E-state index contributed by atoms with van der Waals surface area (Å²) < 4.78 is 7.09. The number of aliphatic carboxylic acids is 6. The van der Waals surface area contributed by atoms with Crippen molar-refractivity contribution in [2.75, 3.05) is 18.4 Å². The molecule has 0 bridgehead atoms. The van der Waals surface area contributed by atoms with Crippen molar-refractivity contribution in [3.8, 4) is 0 Å². The smallest absolute Gasteiger partial charge is 0.336 e. The third-order valence-electron chi connectivity index (χ3n) is 12.8. The number of aromatic nitrogens is 1. The average Bonchev–Trinajstić information content (AvgIpc) is 3.99. The van der Waals surface area contributed by atoms with Gasteiger partial charge in [0.1, 0.15) is 6.10 Å². The fourth-order valence-electron chi connectivity index (χ4n) is 9.54. The highest BCUT2D eigenvalue weighted by Gasteiger charge is 2.63. The predicted octanol–water partition coefficient (Wildman–Crippen LogP) is 5.40. The minimum Gasteiger partial charge on any atom is -0.481 e. The van der Waals surface area contributed by atoms with Crippen LogP contribution in [0.3, 0.4) is 0 Å². The number of benzene rings is 3. The lowest BCUT2D eigenvalue weighted by atomic mass is 9.86. The quantitative estimate of drug-likeness (QED) is 0.0441. The van der Waals surface area contributed by atoms with Crippen LogP contribution < -0.4 is 10.6 Å². The van der Waals surface area contributed by atoms with Gasteiger partial charge in [-0.1, -0.05) is 78.3 Å². The standard InChI is InChI=1S/C37H38ClN3O3.2C6H8O7/c38-30-19-27-11-7-16-41-35(27)33(22-30)40-18-8-17-39-31-20-26-14-15-37(32(26)23-31)42-34-21-28(25-9-3-1-4-10-25)24-36(34,43-44-37)29-12-5-2-6-13-29;2*7-3(8)1-6(13,5(11)12)2-4(9)10/h1-7,9-13,16,19,21-22,26,31-32,34,39-40H,8,14-15,17-18,20,23-24H2;2*13H,1-2H2,(H,7,8)(H,9,10)(H,11,12)/t26-,31+,32+,34-,36-,37?;;/m1../s1. The lowest BCUT2D eigenvalue weighted by Gasteiger charge is -2.48. The number of nitrogens with zero attached hydrogens (tertiary/aromatic N) is 1. The average molecular weight is 992 g/mol. The van der Waals surface area contributed by atoms with Gasteiger partial charge < -0.3 is 56.2 Å². The molecular weight excluding hydrogens is 938 g/mol. The van der Waals surface area contributed by atoms with Gasteiger partial charge in [-0.2, -0.15) is 4.89 Å². The zero-order valence-electron chi connectivity index (χ0n) is 37.6. The Kier molecular flexibility index (Phi) is 17.0. The van der Waals surface area contributed by atoms with Crippen molar-refractivity contribution in [1.82, 2.24) is 10.3 Å². The third-order valence-corrected chi connectivity index (χ3v) is 13.0. The van der Waals surface area contributed by atoms with E-state index in [1.165, 1.54) is 11.1 Å². The van der Waals surface area contributed by atoms with Crippen LogP contribution in [0.5, 0.6) is 0 Å². The van der Waals surface area contributed by atoms with Crippen molar-refractivity contribution >= 4 is 69.6 Å². The molecule has 1 saturated heterocycles. The van der Waals surface area contributed by atoms with E-state index in [9.17, 15) is 28.8 Å². The second-order valence-corrected chi connectivity index (χ2v) is 18.2. The van der Waals surface area contributed by atoms with Gasteiger partial charge in [0.05, 0.1) is 36.9 Å². The Morgan fingerprint density at radius 2 is 1.31 bits per heavy atom. The number of carbonyl (C=O) groups is 6. The maximum atomic E-state index is 10.3. The van der Waals surface area contributed by atoms with Crippen molar-refractivity contribution < 1.29 is 84.1 Å². The highest BCUT2D eigenvalue weighted by atomic mass is 35.5. The van der Waals surface area contributed by atoms with Crippen LogP contribution in [0.4, 0.5) is 5.69 Å². The van der Waals surface area contributed by atoms with Gasteiger partial charge in [-0.25, -0.2) is 14.5 Å². The molecule has 10 N–H and O–H groups in total. The zero-order chi connectivity index (χ0) is 50.9. The molecule has 1 unspecified atom stereocenters. The number of hydrogen-bond donors (Lipinski definition) is 10. The highest BCUT2D eigenvalue weighted by molar-refractivity contribution is 6.31. The van der Waals surface area contributed by atoms with Crippen molar-refractivity contribution in [2.45, 2.75) is 98.9 Å². The van der Waals surface area contributed by atoms with E-state index >= 15 is 0 Å². The molecule has 21 heteroatoms. The summed E-state index contributed by atoms with van der Waals surface area (Å²) in [5.41, 5.74) is -0.661. The van der Waals surface area contributed by atoms with Crippen molar-refractivity contribution in [3.05, 3.63) is 113 Å². The lowest BCUT2D eigenvalue weighted by Crippen LogP contribution is -2.56. The molecule has 20 nitrogen and oxygen atoms in total. The van der Waals surface area contributed by atoms with E-state index < -0.39 is 84.1 Å². The normalized spacial score (nSPS) is 23.4. The molecule has 374 valence electrons. The van der Waals surface area contributed by atoms with Gasteiger partial charge in [0, 0.05) is 48.0 Å². The monoisotopic (exact) mass is 991 g/mol. The number of aliphatic hydroxyl groups is 2. The van der Waals surface area contributed by atoms with Gasteiger partial charge in [-0.15, -0.1) is 0 Å². The second-order valence-electron chi connectivity index (χ2n) is 17.8. The molecular formula is C49H54ClN3O17. The number of rotatable bonds is 18. The molecule has 0 radical (unpaired) electrons. The topological polar surface area (TPSA) is 329 Å². The SMILES string of the molecule is Clc1cc(NCCCN[C@H]2C[C@H]3CCC4(OO[C@@]5(c6ccccc6)CC(c6ccccc6)=C[C@H]5O4)[C@H]3C2)c2ncccc2c1.O=C(O)CC(O)(CC(=O)O)C(=O)O.O=C(O)CC(O)(CC(=O)O)C(=O)O. The number of pyridine rings is 1. The van der Waals surface area contributed by atoms with Crippen molar-refractivity contribution in [3.63, 3.8) is 0 Å². The first-order chi connectivity index (χ1) is 33.2. The largest absolute Gasteiger partial charge is 0.481 e. The van der Waals surface area contributed by atoms with Crippen LogP contribution in [0.2, 0.25) is 5.02 Å². The van der Waals surface area contributed by atoms with E-state index in [2.05, 4.69) is 76.3 Å². The number of ether oxygens (including phenoxy) is 1. The first-order valence-electron chi connectivity index (χ1n) is 22.3. The van der Waals surface area contributed by atoms with E-state index in [4.69, 9.17) is 67.0 Å². The summed E-state index contributed by atoms with van der Waals surface area (Å²) >= 11 is 6.35. The maximum absolute atomic E-state index is 10.3. The van der Waals surface area contributed by atoms with Gasteiger partial charge in [0.25, 0.3) is 0 Å². The summed E-state index contributed by atoms with van der Waals surface area (Å²) in [6, 6.07) is 29.4. The number of anilines is 1. The number of nitrogens with one attached hydrogen (secondary N) is 2. The summed E-state index contributed by atoms with van der Waals surface area (Å²) in [5.74, 6) is -9.86. The van der Waals surface area contributed by atoms with E-state index in [-0.39, 0.29) is 6.10 Å². The lowest BCUT2D eigenvalue weighted by molar-refractivity contribution is -0.533. The van der Waals surface area contributed by atoms with E-state index in [1.54, 1.807) is 0 Å². The molecule has 2 saturated carbocycles. The Morgan fingerprint density at radius 3 is 1.89 bits per heavy atom. The highest BCUT2D eigenvalue weighted by Crippen LogP contribution is 2.59. The molecule has 0 amide bonds. The van der Waals surface area contributed by atoms with E-state index in [0.717, 1.165) is 78.8 Å². The Hall–Kier alpha value is -6.52. The van der Waals surface area contributed by atoms with E-state index in [0.29, 0.717) is 17.9 Å². The number of fused-ring (bicyclic) bond motifs is 4. The number of hydrogen-bond acceptors (Lipinski definition) is 14. The third kappa shape index (κ3) is 12.6. The molecule has 8 rings (SSSR count). The number of halogens is 1. The Balaban J connectivity index is 0.000000255. The minimum absolute atomic E-state index is 0.206. The fourth-order valence-corrected chi connectivity index (χ4v) is 9.76. The van der Waals surface area contributed by atoms with Gasteiger partial charge in [-0.05, 0) is 79.1 Å². The van der Waals surface area contributed by atoms with Gasteiger partial charge in [0.2, 0.25) is 5.79 Å². The van der Waals surface area contributed by atoms with Crippen LogP contribution in [-0.4, -0.2) is 124 Å². The molecule has 3 aromatic carbocycles. The maximum Gasteiger partial charge on any atom is 0.336 e. The van der Waals surface area contributed by atoms with Crippen LogP contribution in [0.25, 0.3) is 16.5 Å². The second kappa shape index (κ2) is 22.5. The molecule has 4 aliphatic rings. The molecule has 3 fully saturated rings. The summed E-state index contributed by atoms with van der Waals surface area (Å²) in [7, 11) is 0. The molecule has 6 atom stereocenters. The zero-order valence-corrected chi connectivity index (χ0v) is 38.4. The molecule has 1 aliphatic heterocycles. The van der Waals surface area contributed by atoms with Crippen LogP contribution in [0, 0.1) is 11.8 Å². The van der Waals surface area contributed by atoms with Crippen LogP contribution >= 0.6 is 11.6 Å². The number of carboxylic acid groups (broad SMARTS) is 6. The summed E-state index contributed by atoms with van der Waals surface area (Å²) in [5, 5.41) is 76.8. The summed E-state index contributed by atoms with van der Waals surface area (Å²) in [6.45, 7) is 1.79. The molecule has 70 heavy (non-hydrogen) atoms. The molecule has 1 spiro atoms. The van der Waals surface area contributed by atoms with Gasteiger partial charge >= 0.3 is 35.8 Å². The molecule has 4 aromatic rings. The summed E-state index contributed by atoms with van der Waals surface area (Å²) in [6.07, 6.45) is 5.20. The Morgan fingerprint density at radius 1 is 0.729 bits per heavy atom. The molecule has 3 aliphatic carbocycles. The number of carboxylic acids is 6. The van der Waals surface area contributed by atoms with Crippen LogP contribution in [0.15, 0.2) is 97.2 Å². The van der Waals surface area contributed by atoms with E-state index in [1.807, 2.05) is 36.5 Å². The first kappa shape index (κ1) is 52.8. The Labute approximate surface area is 405 Å². The molecule has 1 aromatic heterocycles. The summed E-state index contributed by atoms with van der Waals surface area (Å²) in [4.78, 5) is 78.6. The van der Waals surface area contributed by atoms with Gasteiger partial charge in [0.15, 0.2) is 16.8 Å². The first-order valence-corrected chi connectivity index (χ1v) is 22.7. The minimum atomic E-state index is -2.74. The van der Waals surface area contributed by atoms with Crippen molar-refractivity contribution in [1.29, 1.82) is 0 Å². The fraction of sp³-hybridized carbons (Fsp3) is 0.408. The van der Waals surface area contributed by atoms with Crippen molar-refractivity contribution in [2.24, 2.45) is 11.8 Å². The Bertz CT molecular complexity index is 2500. The van der Waals surface area contributed by atoms with Crippen LogP contribution in [-0.2, 0) is 48.9 Å².